The highest BCUT2D eigenvalue weighted by Gasteiger charge is 2.31. The Kier molecular flexibility index (Phi) is 6.02. The Labute approximate surface area is 129 Å². The van der Waals surface area contributed by atoms with Gasteiger partial charge in [-0.15, -0.1) is 0 Å². The van der Waals surface area contributed by atoms with Crippen LogP contribution in [0.3, 0.4) is 0 Å². The summed E-state index contributed by atoms with van der Waals surface area (Å²) in [7, 11) is -2.72. The zero-order chi connectivity index (χ0) is 16.3. The van der Waals surface area contributed by atoms with Crippen LogP contribution in [0.4, 0.5) is 18.9 Å². The van der Waals surface area contributed by atoms with Gasteiger partial charge in [0.1, 0.15) is 0 Å². The summed E-state index contributed by atoms with van der Waals surface area (Å²) in [5.41, 5.74) is -1.17. The van der Waals surface area contributed by atoms with Gasteiger partial charge in [0.2, 0.25) is 0 Å². The van der Waals surface area contributed by atoms with Gasteiger partial charge in [-0.25, -0.2) is 0 Å². The molecule has 0 radical (unpaired) electrons. The molecule has 0 spiro atoms. The van der Waals surface area contributed by atoms with Crippen LogP contribution in [0, 0.1) is 0 Å². The van der Waals surface area contributed by atoms with E-state index in [9.17, 15) is 21.6 Å². The summed E-state index contributed by atoms with van der Waals surface area (Å²) in [6, 6.07) is 2.79. The maximum atomic E-state index is 12.7. The van der Waals surface area contributed by atoms with Gasteiger partial charge in [-0.1, -0.05) is 15.9 Å². The molecular weight excluding hydrogens is 377 g/mol. The molecule has 0 saturated carbocycles. The molecule has 0 heterocycles. The van der Waals surface area contributed by atoms with Crippen molar-refractivity contribution in [2.24, 2.45) is 0 Å². The number of hydrogen-bond acceptors (Lipinski definition) is 3. The van der Waals surface area contributed by atoms with E-state index < -0.39 is 21.9 Å². The van der Waals surface area contributed by atoms with Crippen molar-refractivity contribution in [1.82, 2.24) is 4.31 Å². The van der Waals surface area contributed by atoms with Crippen molar-refractivity contribution >= 4 is 31.8 Å². The third-order valence-electron chi connectivity index (χ3n) is 2.51. The Hall–Kier alpha value is -0.840. The lowest BCUT2D eigenvalue weighted by Crippen LogP contribution is -2.33. The maximum absolute atomic E-state index is 12.7. The van der Waals surface area contributed by atoms with Crippen LogP contribution in [0.25, 0.3) is 0 Å². The summed E-state index contributed by atoms with van der Waals surface area (Å²) in [4.78, 5) is 0. The Morgan fingerprint density at radius 1 is 1.33 bits per heavy atom. The van der Waals surface area contributed by atoms with E-state index in [0.29, 0.717) is 6.07 Å². The maximum Gasteiger partial charge on any atom is 0.416 e. The second-order valence-electron chi connectivity index (χ2n) is 4.23. The zero-order valence-electron chi connectivity index (χ0n) is 11.0. The molecular formula is C11H14BrF3N2O3S. The van der Waals surface area contributed by atoms with Crippen LogP contribution in [0.15, 0.2) is 22.7 Å². The highest BCUT2D eigenvalue weighted by Crippen LogP contribution is 2.33. The van der Waals surface area contributed by atoms with E-state index in [2.05, 4.69) is 20.7 Å². The van der Waals surface area contributed by atoms with Gasteiger partial charge in [-0.2, -0.15) is 25.9 Å². The van der Waals surface area contributed by atoms with Crippen LogP contribution in [0.5, 0.6) is 0 Å². The number of aliphatic hydroxyl groups excluding tert-OH is 1. The van der Waals surface area contributed by atoms with Gasteiger partial charge in [-0.3, -0.25) is 4.72 Å². The van der Waals surface area contributed by atoms with Crippen LogP contribution < -0.4 is 4.72 Å². The Morgan fingerprint density at radius 2 is 1.95 bits per heavy atom. The van der Waals surface area contributed by atoms with Crippen LogP contribution >= 0.6 is 15.9 Å². The predicted molar refractivity (Wildman–Crippen MR) is 76.0 cm³/mol. The summed E-state index contributed by atoms with van der Waals surface area (Å²) < 4.78 is 64.9. The number of hydrogen-bond donors (Lipinski definition) is 2. The van der Waals surface area contributed by atoms with Crippen molar-refractivity contribution in [3.8, 4) is 0 Å². The highest BCUT2D eigenvalue weighted by molar-refractivity contribution is 9.10. The topological polar surface area (TPSA) is 69.6 Å². The van der Waals surface area contributed by atoms with Crippen molar-refractivity contribution in [1.29, 1.82) is 0 Å². The first kappa shape index (κ1) is 18.2. The number of nitrogens with zero attached hydrogens (tertiary/aromatic N) is 1. The van der Waals surface area contributed by atoms with Gasteiger partial charge in [-0.05, 0) is 24.6 Å². The number of aliphatic hydroxyl groups is 1. The van der Waals surface area contributed by atoms with Crippen molar-refractivity contribution in [3.63, 3.8) is 0 Å². The molecule has 0 aromatic heterocycles. The number of nitrogens with one attached hydrogen (secondary N) is 1. The van der Waals surface area contributed by atoms with Gasteiger partial charge in [0.05, 0.1) is 11.3 Å². The molecule has 0 amide bonds. The second kappa shape index (κ2) is 6.95. The number of anilines is 1. The summed E-state index contributed by atoms with van der Waals surface area (Å²) in [5, 5.41) is 8.66. The number of alkyl halides is 3. The molecule has 0 aliphatic carbocycles. The quantitative estimate of drug-likeness (QED) is 0.783. The molecule has 1 aromatic rings. The third-order valence-corrected chi connectivity index (χ3v) is 4.47. The SMILES string of the molecule is CN(CCCO)S(=O)(=O)Nc1cc(Br)cc(C(F)(F)F)c1. The minimum atomic E-state index is -4.58. The fraction of sp³-hybridized carbons (Fsp3) is 0.455. The van der Waals surface area contributed by atoms with Crippen molar-refractivity contribution < 1.29 is 26.7 Å². The van der Waals surface area contributed by atoms with E-state index in [4.69, 9.17) is 5.11 Å². The van der Waals surface area contributed by atoms with Crippen LogP contribution in [0.2, 0.25) is 0 Å². The van der Waals surface area contributed by atoms with E-state index in [0.717, 1.165) is 10.4 Å². The summed E-state index contributed by atoms with van der Waals surface area (Å²) in [6.45, 7) is -0.138. The molecule has 10 heteroatoms. The van der Waals surface area contributed by atoms with Gasteiger partial charge >= 0.3 is 16.4 Å². The lowest BCUT2D eigenvalue weighted by molar-refractivity contribution is -0.137. The fourth-order valence-corrected chi connectivity index (χ4v) is 2.89. The van der Waals surface area contributed by atoms with Gasteiger partial charge in [0.15, 0.2) is 0 Å². The lowest BCUT2D eigenvalue weighted by atomic mass is 10.2. The van der Waals surface area contributed by atoms with Crippen molar-refractivity contribution in [2.45, 2.75) is 12.6 Å². The zero-order valence-corrected chi connectivity index (χ0v) is 13.4. The van der Waals surface area contributed by atoms with E-state index in [1.54, 1.807) is 0 Å². The van der Waals surface area contributed by atoms with Crippen LogP contribution in [0.1, 0.15) is 12.0 Å². The Bertz CT molecular complexity index is 593. The molecule has 2 N–H and O–H groups in total. The van der Waals surface area contributed by atoms with E-state index in [1.165, 1.54) is 13.1 Å². The number of halogens is 4. The van der Waals surface area contributed by atoms with E-state index in [-0.39, 0.29) is 29.7 Å². The molecule has 0 atom stereocenters. The van der Waals surface area contributed by atoms with Crippen LogP contribution in [-0.2, 0) is 16.4 Å². The van der Waals surface area contributed by atoms with Crippen molar-refractivity contribution in [2.75, 3.05) is 24.9 Å². The molecule has 21 heavy (non-hydrogen) atoms. The molecule has 0 unspecified atom stereocenters. The summed E-state index contributed by atoms with van der Waals surface area (Å²) >= 11 is 2.91. The van der Waals surface area contributed by atoms with Gasteiger partial charge in [0.25, 0.3) is 0 Å². The molecule has 0 aliphatic heterocycles. The molecule has 0 fully saturated rings. The highest BCUT2D eigenvalue weighted by atomic mass is 79.9. The minimum Gasteiger partial charge on any atom is -0.396 e. The lowest BCUT2D eigenvalue weighted by Gasteiger charge is -2.18. The standard InChI is InChI=1S/C11H14BrF3N2O3S/c1-17(3-2-4-18)21(19,20)16-10-6-8(11(13,14)15)5-9(12)7-10/h5-7,16,18H,2-4H2,1H3. The molecule has 0 aliphatic rings. The van der Waals surface area contributed by atoms with Gasteiger partial charge < -0.3 is 5.11 Å². The van der Waals surface area contributed by atoms with Crippen LogP contribution in [-0.4, -0.2) is 38.0 Å². The fourth-order valence-electron chi connectivity index (χ4n) is 1.45. The summed E-state index contributed by atoms with van der Waals surface area (Å²) in [5.74, 6) is 0. The number of benzene rings is 1. The van der Waals surface area contributed by atoms with Crippen molar-refractivity contribution in [3.05, 3.63) is 28.2 Å². The molecule has 0 saturated heterocycles. The van der Waals surface area contributed by atoms with E-state index in [1.807, 2.05) is 0 Å². The molecule has 1 rings (SSSR count). The average molecular weight is 391 g/mol. The normalized spacial score (nSPS) is 12.7. The Morgan fingerprint density at radius 3 is 2.48 bits per heavy atom. The smallest absolute Gasteiger partial charge is 0.396 e. The van der Waals surface area contributed by atoms with E-state index >= 15 is 0 Å². The first-order valence-corrected chi connectivity index (χ1v) is 8.02. The first-order valence-electron chi connectivity index (χ1n) is 5.79. The predicted octanol–water partition coefficient (Wildman–Crippen LogP) is 2.44. The molecule has 120 valence electrons. The van der Waals surface area contributed by atoms with Gasteiger partial charge in [0, 0.05) is 24.7 Å². The monoisotopic (exact) mass is 390 g/mol. The minimum absolute atomic E-state index is 0.0476. The Balaban J connectivity index is 3.00. The average Bonchev–Trinajstić information content (AvgIpc) is 2.33. The molecule has 0 bridgehead atoms. The largest absolute Gasteiger partial charge is 0.416 e. The number of rotatable bonds is 6. The molecule has 5 nitrogen and oxygen atoms in total. The molecule has 1 aromatic carbocycles. The third kappa shape index (κ3) is 5.46. The first-order chi connectivity index (χ1) is 9.56. The second-order valence-corrected chi connectivity index (χ2v) is 6.93. The summed E-state index contributed by atoms with van der Waals surface area (Å²) in [6.07, 6.45) is -4.35.